The molecular weight excluding hydrogens is 432 g/mol. The minimum atomic E-state index is 0.286. The lowest BCUT2D eigenvalue weighted by molar-refractivity contribution is 0.283. The summed E-state index contributed by atoms with van der Waals surface area (Å²) < 4.78 is 4.38. The Morgan fingerprint density at radius 2 is 1.09 bits per heavy atom. The first kappa shape index (κ1) is 26.4. The lowest BCUT2D eigenvalue weighted by Crippen LogP contribution is -2.04. The second-order valence-corrected chi connectivity index (χ2v) is 9.58. The van der Waals surface area contributed by atoms with Gasteiger partial charge >= 0.3 is 0 Å². The molecule has 35 heavy (non-hydrogen) atoms. The molecule has 0 unspecified atom stereocenters. The maximum absolute atomic E-state index is 8.82. The average Bonchev–Trinajstić information content (AvgIpc) is 3.30. The number of hydrogen-bond donors (Lipinski definition) is 1. The van der Waals surface area contributed by atoms with Gasteiger partial charge in [0, 0.05) is 40.8 Å². The minimum absolute atomic E-state index is 0.286. The van der Waals surface area contributed by atoms with Crippen LogP contribution in [-0.4, -0.2) is 30.8 Å². The van der Waals surface area contributed by atoms with Crippen LogP contribution in [-0.2, 0) is 6.42 Å². The summed E-state index contributed by atoms with van der Waals surface area (Å²) in [7, 11) is 0. The molecular formula is C30H40N4O. The zero-order valence-corrected chi connectivity index (χ0v) is 22.4. The van der Waals surface area contributed by atoms with Crippen LogP contribution < -0.4 is 0 Å². The number of aryl methyl sites for hydroxylation is 8. The Balaban J connectivity index is 0.000000203. The quantitative estimate of drug-likeness (QED) is 0.308. The fourth-order valence-corrected chi connectivity index (χ4v) is 4.55. The summed E-state index contributed by atoms with van der Waals surface area (Å²) in [5.74, 6) is 2.04. The van der Waals surface area contributed by atoms with Gasteiger partial charge in [0.15, 0.2) is 0 Å². The lowest BCUT2D eigenvalue weighted by atomic mass is 10.1. The SMILES string of the molecule is Cc1cc(C)nc(-n2c(C)ccc2C)c1.Cc1cc(CCCCCO)nc(-n2c(C)ccc2C)c1. The molecule has 4 aromatic rings. The highest BCUT2D eigenvalue weighted by molar-refractivity contribution is 5.36. The van der Waals surface area contributed by atoms with Crippen molar-refractivity contribution in [3.63, 3.8) is 0 Å². The van der Waals surface area contributed by atoms with Gasteiger partial charge in [-0.05, 0) is 127 Å². The fourth-order valence-electron chi connectivity index (χ4n) is 4.55. The Bertz CT molecular complexity index is 1210. The maximum atomic E-state index is 8.82. The number of unbranched alkanes of at least 4 members (excludes halogenated alkanes) is 2. The van der Waals surface area contributed by atoms with Crippen LogP contribution in [0.25, 0.3) is 11.6 Å². The Hall–Kier alpha value is -3.18. The number of aromatic nitrogens is 4. The summed E-state index contributed by atoms with van der Waals surface area (Å²) in [6.45, 7) is 15.0. The van der Waals surface area contributed by atoms with Crippen molar-refractivity contribution in [3.8, 4) is 11.6 Å². The largest absolute Gasteiger partial charge is 0.396 e. The van der Waals surface area contributed by atoms with Gasteiger partial charge in [-0.15, -0.1) is 0 Å². The van der Waals surface area contributed by atoms with Gasteiger partial charge in [-0.3, -0.25) is 0 Å². The number of hydrogen-bond acceptors (Lipinski definition) is 3. The standard InChI is InChI=1S/C17H24N2O.C13H16N2/c1-13-11-16(7-5-4-6-10-20)18-17(12-13)19-14(2)8-9-15(19)3;1-9-7-10(2)14-13(8-9)15-11(3)5-6-12(15)4/h8-9,11-12,20H,4-7,10H2,1-3H3;5-8H,1-4H3. The molecule has 0 spiro atoms. The van der Waals surface area contributed by atoms with Crippen molar-refractivity contribution < 1.29 is 5.11 Å². The van der Waals surface area contributed by atoms with Gasteiger partial charge in [0.2, 0.25) is 0 Å². The Kier molecular flexibility index (Phi) is 9.05. The summed E-state index contributed by atoms with van der Waals surface area (Å²) in [4.78, 5) is 9.36. The molecule has 5 nitrogen and oxygen atoms in total. The van der Waals surface area contributed by atoms with E-state index in [2.05, 4.69) is 104 Å². The van der Waals surface area contributed by atoms with Gasteiger partial charge in [0.25, 0.3) is 0 Å². The number of rotatable bonds is 7. The van der Waals surface area contributed by atoms with Crippen molar-refractivity contribution in [2.24, 2.45) is 0 Å². The predicted octanol–water partition coefficient (Wildman–Crippen LogP) is 6.61. The first-order valence-corrected chi connectivity index (χ1v) is 12.5. The van der Waals surface area contributed by atoms with Gasteiger partial charge in [-0.2, -0.15) is 0 Å². The smallest absolute Gasteiger partial charge is 0.137 e. The summed E-state index contributed by atoms with van der Waals surface area (Å²) in [5.41, 5.74) is 9.60. The Labute approximate surface area is 210 Å². The molecule has 5 heteroatoms. The fraction of sp³-hybridized carbons (Fsp3) is 0.400. The highest BCUT2D eigenvalue weighted by atomic mass is 16.2. The summed E-state index contributed by atoms with van der Waals surface area (Å²) in [6.07, 6.45) is 4.01. The number of nitrogens with zero attached hydrogens (tertiary/aromatic N) is 4. The van der Waals surface area contributed by atoms with Crippen LogP contribution in [0, 0.1) is 48.5 Å². The molecule has 0 aliphatic heterocycles. The molecule has 0 saturated heterocycles. The third kappa shape index (κ3) is 6.92. The lowest BCUT2D eigenvalue weighted by Gasteiger charge is -2.11. The third-order valence-electron chi connectivity index (χ3n) is 6.18. The van der Waals surface area contributed by atoms with Gasteiger partial charge in [-0.25, -0.2) is 9.97 Å². The summed E-state index contributed by atoms with van der Waals surface area (Å²) >= 11 is 0. The van der Waals surface area contributed by atoms with E-state index in [9.17, 15) is 0 Å². The molecule has 0 radical (unpaired) electrons. The summed E-state index contributed by atoms with van der Waals surface area (Å²) in [5, 5.41) is 8.82. The molecule has 4 rings (SSSR count). The number of aliphatic hydroxyl groups excluding tert-OH is 1. The van der Waals surface area contributed by atoms with Crippen LogP contribution >= 0.6 is 0 Å². The van der Waals surface area contributed by atoms with Gasteiger partial charge in [-0.1, -0.05) is 6.42 Å². The van der Waals surface area contributed by atoms with E-state index in [1.807, 2.05) is 6.92 Å². The van der Waals surface area contributed by atoms with E-state index in [0.29, 0.717) is 0 Å². The molecule has 0 aliphatic rings. The summed E-state index contributed by atoms with van der Waals surface area (Å²) in [6, 6.07) is 17.0. The van der Waals surface area contributed by atoms with E-state index in [4.69, 9.17) is 10.1 Å². The molecule has 4 heterocycles. The van der Waals surface area contributed by atoms with Gasteiger partial charge in [0.1, 0.15) is 11.6 Å². The van der Waals surface area contributed by atoms with Crippen molar-refractivity contribution >= 4 is 0 Å². The molecule has 4 aromatic heterocycles. The van der Waals surface area contributed by atoms with Crippen molar-refractivity contribution in [3.05, 3.63) is 93.8 Å². The highest BCUT2D eigenvalue weighted by Crippen LogP contribution is 2.18. The Morgan fingerprint density at radius 1 is 0.600 bits per heavy atom. The van der Waals surface area contributed by atoms with E-state index < -0.39 is 0 Å². The molecule has 0 amide bonds. The first-order chi connectivity index (χ1) is 16.7. The molecule has 0 fully saturated rings. The molecule has 0 saturated carbocycles. The predicted molar refractivity (Wildman–Crippen MR) is 145 cm³/mol. The molecule has 0 bridgehead atoms. The number of aliphatic hydroxyl groups is 1. The van der Waals surface area contributed by atoms with Crippen LogP contribution in [0.5, 0.6) is 0 Å². The first-order valence-electron chi connectivity index (χ1n) is 12.5. The van der Waals surface area contributed by atoms with E-state index in [-0.39, 0.29) is 6.61 Å². The van der Waals surface area contributed by atoms with Crippen molar-refractivity contribution in [1.29, 1.82) is 0 Å². The second kappa shape index (κ2) is 12.0. The average molecular weight is 473 g/mol. The van der Waals surface area contributed by atoms with Crippen LogP contribution in [0.4, 0.5) is 0 Å². The zero-order valence-electron chi connectivity index (χ0n) is 22.4. The molecule has 0 atom stereocenters. The zero-order chi connectivity index (χ0) is 25.5. The van der Waals surface area contributed by atoms with Crippen LogP contribution in [0.1, 0.15) is 64.6 Å². The van der Waals surface area contributed by atoms with Crippen molar-refractivity contribution in [2.75, 3.05) is 6.61 Å². The maximum Gasteiger partial charge on any atom is 0.137 e. The topological polar surface area (TPSA) is 55.9 Å². The van der Waals surface area contributed by atoms with Crippen molar-refractivity contribution in [2.45, 2.75) is 74.1 Å². The van der Waals surface area contributed by atoms with Crippen LogP contribution in [0.3, 0.4) is 0 Å². The van der Waals surface area contributed by atoms with E-state index in [1.165, 1.54) is 33.9 Å². The highest BCUT2D eigenvalue weighted by Gasteiger charge is 2.08. The Morgan fingerprint density at radius 3 is 1.57 bits per heavy atom. The minimum Gasteiger partial charge on any atom is -0.396 e. The second-order valence-electron chi connectivity index (χ2n) is 9.58. The van der Waals surface area contributed by atoms with E-state index in [1.54, 1.807) is 0 Å². The van der Waals surface area contributed by atoms with Gasteiger partial charge < -0.3 is 14.2 Å². The molecule has 186 valence electrons. The molecule has 0 aromatic carbocycles. The number of pyridine rings is 2. The molecule has 1 N–H and O–H groups in total. The van der Waals surface area contributed by atoms with Crippen LogP contribution in [0.15, 0.2) is 48.5 Å². The van der Waals surface area contributed by atoms with E-state index in [0.717, 1.165) is 48.7 Å². The van der Waals surface area contributed by atoms with Crippen molar-refractivity contribution in [1.82, 2.24) is 19.1 Å². The molecule has 0 aliphatic carbocycles. The monoisotopic (exact) mass is 472 g/mol. The normalized spacial score (nSPS) is 10.9. The van der Waals surface area contributed by atoms with Gasteiger partial charge in [0.05, 0.1) is 0 Å². The third-order valence-corrected chi connectivity index (χ3v) is 6.18. The van der Waals surface area contributed by atoms with E-state index >= 15 is 0 Å². The van der Waals surface area contributed by atoms with Crippen LogP contribution in [0.2, 0.25) is 0 Å².